The van der Waals surface area contributed by atoms with Crippen molar-refractivity contribution in [2.24, 2.45) is 5.92 Å². The Morgan fingerprint density at radius 1 is 1.36 bits per heavy atom. The molecule has 0 aromatic heterocycles. The van der Waals surface area contributed by atoms with Gasteiger partial charge in [-0.2, -0.15) is 0 Å². The van der Waals surface area contributed by atoms with Gasteiger partial charge in [0.05, 0.1) is 5.60 Å². The molecular formula is C12H17NO. The molecule has 2 N–H and O–H groups in total. The molecule has 0 amide bonds. The Morgan fingerprint density at radius 3 is 2.71 bits per heavy atom. The average Bonchev–Trinajstić information content (AvgIpc) is 2.24. The number of hydrogen-bond donors (Lipinski definition) is 2. The molecular weight excluding hydrogens is 174 g/mol. The lowest BCUT2D eigenvalue weighted by molar-refractivity contribution is -0.0392. The van der Waals surface area contributed by atoms with E-state index in [1.165, 1.54) is 0 Å². The second kappa shape index (κ2) is 3.71. The van der Waals surface area contributed by atoms with Crippen molar-refractivity contribution in [2.45, 2.75) is 18.9 Å². The van der Waals surface area contributed by atoms with Gasteiger partial charge in [0.2, 0.25) is 0 Å². The summed E-state index contributed by atoms with van der Waals surface area (Å²) in [6, 6.07) is 9.99. The number of benzene rings is 1. The van der Waals surface area contributed by atoms with Crippen LogP contribution in [0.1, 0.15) is 18.9 Å². The fourth-order valence-electron chi connectivity index (χ4n) is 2.17. The summed E-state index contributed by atoms with van der Waals surface area (Å²) in [5.74, 6) is 0.277. The molecule has 1 aromatic carbocycles. The maximum atomic E-state index is 10.6. The third-order valence-electron chi connectivity index (χ3n) is 3.22. The lowest BCUT2D eigenvalue weighted by Gasteiger charge is -2.39. The topological polar surface area (TPSA) is 32.3 Å². The van der Waals surface area contributed by atoms with E-state index in [2.05, 4.69) is 12.2 Å². The van der Waals surface area contributed by atoms with Crippen molar-refractivity contribution in [2.75, 3.05) is 13.1 Å². The molecule has 2 heteroatoms. The molecule has 1 fully saturated rings. The Balaban J connectivity index is 2.30. The normalized spacial score (nSPS) is 32.9. The first-order chi connectivity index (χ1) is 6.73. The monoisotopic (exact) mass is 191 g/mol. The van der Waals surface area contributed by atoms with Crippen LogP contribution in [0.25, 0.3) is 0 Å². The van der Waals surface area contributed by atoms with E-state index < -0.39 is 5.60 Å². The molecule has 2 atom stereocenters. The predicted molar refractivity (Wildman–Crippen MR) is 57.0 cm³/mol. The minimum Gasteiger partial charge on any atom is -0.385 e. The molecule has 2 nitrogen and oxygen atoms in total. The zero-order valence-corrected chi connectivity index (χ0v) is 8.53. The fraction of sp³-hybridized carbons (Fsp3) is 0.500. The van der Waals surface area contributed by atoms with E-state index in [9.17, 15) is 5.11 Å². The Kier molecular flexibility index (Phi) is 2.57. The number of rotatable bonds is 1. The summed E-state index contributed by atoms with van der Waals surface area (Å²) < 4.78 is 0. The molecule has 76 valence electrons. The van der Waals surface area contributed by atoms with Crippen molar-refractivity contribution in [1.82, 2.24) is 5.32 Å². The smallest absolute Gasteiger partial charge is 0.0946 e. The van der Waals surface area contributed by atoms with Crippen molar-refractivity contribution < 1.29 is 5.11 Å². The second-order valence-corrected chi connectivity index (χ2v) is 4.15. The summed E-state index contributed by atoms with van der Waals surface area (Å²) in [5.41, 5.74) is 0.418. The summed E-state index contributed by atoms with van der Waals surface area (Å²) in [6.45, 7) is 3.89. The second-order valence-electron chi connectivity index (χ2n) is 4.15. The van der Waals surface area contributed by atoms with Crippen LogP contribution >= 0.6 is 0 Å². The van der Waals surface area contributed by atoms with E-state index in [4.69, 9.17) is 0 Å². The van der Waals surface area contributed by atoms with Crippen molar-refractivity contribution in [1.29, 1.82) is 0 Å². The first kappa shape index (κ1) is 9.69. The zero-order chi connectivity index (χ0) is 10.0. The molecule has 0 unspecified atom stereocenters. The molecule has 0 aliphatic carbocycles. The summed E-state index contributed by atoms with van der Waals surface area (Å²) >= 11 is 0. The molecule has 1 heterocycles. The number of piperidine rings is 1. The van der Waals surface area contributed by atoms with Gasteiger partial charge in [0.1, 0.15) is 0 Å². The van der Waals surface area contributed by atoms with Crippen LogP contribution in [-0.4, -0.2) is 18.2 Å². The van der Waals surface area contributed by atoms with E-state index in [1.807, 2.05) is 30.3 Å². The van der Waals surface area contributed by atoms with Gasteiger partial charge in [-0.25, -0.2) is 0 Å². The zero-order valence-electron chi connectivity index (χ0n) is 8.53. The highest BCUT2D eigenvalue weighted by atomic mass is 16.3. The molecule has 14 heavy (non-hydrogen) atoms. The first-order valence-electron chi connectivity index (χ1n) is 5.22. The van der Waals surface area contributed by atoms with Gasteiger partial charge >= 0.3 is 0 Å². The van der Waals surface area contributed by atoms with Crippen LogP contribution in [0.5, 0.6) is 0 Å². The minimum absolute atomic E-state index is 0.277. The van der Waals surface area contributed by atoms with Crippen LogP contribution in [0.4, 0.5) is 0 Å². The Bertz CT molecular complexity index is 298. The van der Waals surface area contributed by atoms with Crippen LogP contribution < -0.4 is 5.32 Å². The lowest BCUT2D eigenvalue weighted by atomic mass is 9.78. The Morgan fingerprint density at radius 2 is 2.07 bits per heavy atom. The third kappa shape index (κ3) is 1.56. The van der Waals surface area contributed by atoms with Crippen LogP contribution in [-0.2, 0) is 5.60 Å². The molecule has 1 aliphatic rings. The SMILES string of the molecule is C[C@@H]1CNCC[C@@]1(O)c1ccccc1. The fourth-order valence-corrected chi connectivity index (χ4v) is 2.17. The van der Waals surface area contributed by atoms with E-state index in [1.54, 1.807) is 0 Å². The number of nitrogens with one attached hydrogen (secondary N) is 1. The van der Waals surface area contributed by atoms with Crippen LogP contribution in [0, 0.1) is 5.92 Å². The van der Waals surface area contributed by atoms with Crippen molar-refractivity contribution in [3.63, 3.8) is 0 Å². The average molecular weight is 191 g/mol. The molecule has 0 saturated carbocycles. The highest BCUT2D eigenvalue weighted by Gasteiger charge is 2.37. The summed E-state index contributed by atoms with van der Waals surface area (Å²) in [5, 5.41) is 13.9. The van der Waals surface area contributed by atoms with Crippen molar-refractivity contribution in [3.8, 4) is 0 Å². The van der Waals surface area contributed by atoms with Gasteiger partial charge in [-0.05, 0) is 18.5 Å². The molecule has 0 spiro atoms. The van der Waals surface area contributed by atoms with Gasteiger partial charge in [0.25, 0.3) is 0 Å². The van der Waals surface area contributed by atoms with Crippen molar-refractivity contribution >= 4 is 0 Å². The first-order valence-corrected chi connectivity index (χ1v) is 5.22. The lowest BCUT2D eigenvalue weighted by Crippen LogP contribution is -2.46. The van der Waals surface area contributed by atoms with Gasteiger partial charge in [-0.3, -0.25) is 0 Å². The highest BCUT2D eigenvalue weighted by molar-refractivity contribution is 5.23. The highest BCUT2D eigenvalue weighted by Crippen LogP contribution is 2.34. The van der Waals surface area contributed by atoms with Gasteiger partial charge < -0.3 is 10.4 Å². The van der Waals surface area contributed by atoms with E-state index >= 15 is 0 Å². The maximum Gasteiger partial charge on any atom is 0.0946 e. The van der Waals surface area contributed by atoms with E-state index in [0.717, 1.165) is 25.1 Å². The van der Waals surface area contributed by atoms with Crippen molar-refractivity contribution in [3.05, 3.63) is 35.9 Å². The molecule has 2 rings (SSSR count). The number of aliphatic hydroxyl groups is 1. The molecule has 1 aliphatic heterocycles. The van der Waals surface area contributed by atoms with Gasteiger partial charge in [-0.1, -0.05) is 37.3 Å². The maximum absolute atomic E-state index is 10.6. The summed E-state index contributed by atoms with van der Waals surface area (Å²) in [7, 11) is 0. The van der Waals surface area contributed by atoms with Crippen LogP contribution in [0.2, 0.25) is 0 Å². The van der Waals surface area contributed by atoms with Gasteiger partial charge in [-0.15, -0.1) is 0 Å². The molecule has 0 radical (unpaired) electrons. The third-order valence-corrected chi connectivity index (χ3v) is 3.22. The van der Waals surface area contributed by atoms with Crippen LogP contribution in [0.3, 0.4) is 0 Å². The Hall–Kier alpha value is -0.860. The molecule has 1 saturated heterocycles. The minimum atomic E-state index is -0.632. The summed E-state index contributed by atoms with van der Waals surface area (Å²) in [4.78, 5) is 0. The number of hydrogen-bond acceptors (Lipinski definition) is 2. The van der Waals surface area contributed by atoms with Gasteiger partial charge in [0, 0.05) is 12.5 Å². The largest absolute Gasteiger partial charge is 0.385 e. The van der Waals surface area contributed by atoms with E-state index in [0.29, 0.717) is 0 Å². The quantitative estimate of drug-likeness (QED) is 0.705. The standard InChI is InChI=1S/C12H17NO/c1-10-9-13-8-7-12(10,14)11-5-3-2-4-6-11/h2-6,10,13-14H,7-9H2,1H3/t10-,12+/m1/s1. The van der Waals surface area contributed by atoms with E-state index in [-0.39, 0.29) is 5.92 Å². The molecule has 0 bridgehead atoms. The Labute approximate surface area is 85.0 Å². The predicted octanol–water partition coefficient (Wildman–Crippen LogP) is 1.50. The van der Waals surface area contributed by atoms with Gasteiger partial charge in [0.15, 0.2) is 0 Å². The molecule has 1 aromatic rings. The van der Waals surface area contributed by atoms with Crippen LogP contribution in [0.15, 0.2) is 30.3 Å². The summed E-state index contributed by atoms with van der Waals surface area (Å²) in [6.07, 6.45) is 0.804.